The van der Waals surface area contributed by atoms with Crippen molar-refractivity contribution in [1.29, 1.82) is 0 Å². The molecule has 0 atom stereocenters. The minimum atomic E-state index is -0.427. The van der Waals surface area contributed by atoms with Crippen LogP contribution in [0.4, 0.5) is 0 Å². The summed E-state index contributed by atoms with van der Waals surface area (Å²) >= 11 is 0. The maximum absolute atomic E-state index is 12.8. The van der Waals surface area contributed by atoms with Crippen LogP contribution in [0, 0.1) is 6.92 Å². The van der Waals surface area contributed by atoms with Gasteiger partial charge in [0.2, 0.25) is 5.91 Å². The lowest BCUT2D eigenvalue weighted by atomic mass is 9.94. The molecule has 126 valence electrons. The largest absolute Gasteiger partial charge is 0.493 e. The van der Waals surface area contributed by atoms with Crippen LogP contribution in [0.1, 0.15) is 29.5 Å². The van der Waals surface area contributed by atoms with Crippen LogP contribution >= 0.6 is 0 Å². The van der Waals surface area contributed by atoms with Crippen molar-refractivity contribution in [2.75, 3.05) is 14.2 Å². The standard InChI is InChI=1S/C20H23NO3/c1-14-5-4-6-15(11-14)13-21-19(22)20(9-10-20)16-7-8-17(23-2)18(12-16)24-3/h4-8,11-12H,9-10,13H2,1-3H3,(H,21,22). The summed E-state index contributed by atoms with van der Waals surface area (Å²) in [4.78, 5) is 12.8. The lowest BCUT2D eigenvalue weighted by Crippen LogP contribution is -2.34. The van der Waals surface area contributed by atoms with E-state index in [4.69, 9.17) is 9.47 Å². The number of nitrogens with one attached hydrogen (secondary N) is 1. The molecule has 2 aromatic rings. The zero-order valence-corrected chi connectivity index (χ0v) is 14.4. The van der Waals surface area contributed by atoms with E-state index in [1.807, 2.05) is 30.3 Å². The van der Waals surface area contributed by atoms with Gasteiger partial charge in [0.05, 0.1) is 19.6 Å². The van der Waals surface area contributed by atoms with E-state index in [2.05, 4.69) is 24.4 Å². The Balaban J connectivity index is 1.74. The van der Waals surface area contributed by atoms with Crippen LogP contribution in [0.3, 0.4) is 0 Å². The van der Waals surface area contributed by atoms with Crippen LogP contribution in [0.15, 0.2) is 42.5 Å². The van der Waals surface area contributed by atoms with Crippen molar-refractivity contribution in [3.05, 3.63) is 59.2 Å². The molecule has 0 aliphatic heterocycles. The molecule has 2 aromatic carbocycles. The van der Waals surface area contributed by atoms with Gasteiger partial charge in [0.1, 0.15) is 0 Å². The molecule has 0 spiro atoms. The highest BCUT2D eigenvalue weighted by Crippen LogP contribution is 2.50. The molecule has 1 saturated carbocycles. The molecule has 0 aromatic heterocycles. The highest BCUT2D eigenvalue weighted by molar-refractivity contribution is 5.91. The summed E-state index contributed by atoms with van der Waals surface area (Å²) in [5.41, 5.74) is 2.87. The normalized spacial score (nSPS) is 14.8. The molecule has 1 N–H and O–H groups in total. The second-order valence-electron chi connectivity index (χ2n) is 6.32. The Morgan fingerprint density at radius 1 is 1.08 bits per heavy atom. The van der Waals surface area contributed by atoms with Crippen LogP contribution < -0.4 is 14.8 Å². The van der Waals surface area contributed by atoms with E-state index in [1.54, 1.807) is 14.2 Å². The number of hydrogen-bond donors (Lipinski definition) is 1. The Labute approximate surface area is 142 Å². The predicted octanol–water partition coefficient (Wildman–Crippen LogP) is 3.36. The summed E-state index contributed by atoms with van der Waals surface area (Å²) in [6, 6.07) is 13.9. The number of carbonyl (C=O) groups excluding carboxylic acids is 1. The molecule has 4 heteroatoms. The fourth-order valence-electron chi connectivity index (χ4n) is 3.08. The van der Waals surface area contributed by atoms with Crippen molar-refractivity contribution in [3.8, 4) is 11.5 Å². The van der Waals surface area contributed by atoms with E-state index in [1.165, 1.54) is 5.56 Å². The molecule has 0 unspecified atom stereocenters. The minimum Gasteiger partial charge on any atom is -0.493 e. The molecule has 24 heavy (non-hydrogen) atoms. The van der Waals surface area contributed by atoms with E-state index in [9.17, 15) is 4.79 Å². The molecule has 4 nitrogen and oxygen atoms in total. The number of methoxy groups -OCH3 is 2. The van der Waals surface area contributed by atoms with Gasteiger partial charge in [-0.25, -0.2) is 0 Å². The number of hydrogen-bond acceptors (Lipinski definition) is 3. The molecular weight excluding hydrogens is 302 g/mol. The Kier molecular flexibility index (Phi) is 4.47. The van der Waals surface area contributed by atoms with Gasteiger partial charge in [-0.1, -0.05) is 35.9 Å². The van der Waals surface area contributed by atoms with Crippen molar-refractivity contribution in [1.82, 2.24) is 5.32 Å². The number of rotatable bonds is 6. The average Bonchev–Trinajstić information content (AvgIpc) is 3.41. The SMILES string of the molecule is COc1ccc(C2(C(=O)NCc3cccc(C)c3)CC2)cc1OC. The first-order valence-corrected chi connectivity index (χ1v) is 8.15. The molecule has 1 amide bonds. The maximum Gasteiger partial charge on any atom is 0.230 e. The number of benzene rings is 2. The Bertz CT molecular complexity index is 750. The summed E-state index contributed by atoms with van der Waals surface area (Å²) in [5.74, 6) is 1.42. The molecule has 3 rings (SSSR count). The predicted molar refractivity (Wildman–Crippen MR) is 93.5 cm³/mol. The van der Waals surface area contributed by atoms with E-state index >= 15 is 0 Å². The fraction of sp³-hybridized carbons (Fsp3) is 0.350. The van der Waals surface area contributed by atoms with E-state index < -0.39 is 5.41 Å². The van der Waals surface area contributed by atoms with Gasteiger partial charge in [0.25, 0.3) is 0 Å². The van der Waals surface area contributed by atoms with Gasteiger partial charge in [-0.3, -0.25) is 4.79 Å². The highest BCUT2D eigenvalue weighted by Gasteiger charge is 2.51. The summed E-state index contributed by atoms with van der Waals surface area (Å²) in [7, 11) is 3.22. The summed E-state index contributed by atoms with van der Waals surface area (Å²) in [6.07, 6.45) is 1.73. The maximum atomic E-state index is 12.8. The topological polar surface area (TPSA) is 47.6 Å². The van der Waals surface area contributed by atoms with Crippen LogP contribution in [0.25, 0.3) is 0 Å². The number of ether oxygens (including phenoxy) is 2. The van der Waals surface area contributed by atoms with Gasteiger partial charge >= 0.3 is 0 Å². The third-order valence-electron chi connectivity index (χ3n) is 4.66. The van der Waals surface area contributed by atoms with Crippen molar-refractivity contribution in [2.24, 2.45) is 0 Å². The monoisotopic (exact) mass is 325 g/mol. The van der Waals surface area contributed by atoms with E-state index in [0.717, 1.165) is 24.0 Å². The van der Waals surface area contributed by atoms with Crippen LogP contribution in [0.2, 0.25) is 0 Å². The third-order valence-corrected chi connectivity index (χ3v) is 4.66. The zero-order valence-electron chi connectivity index (χ0n) is 14.4. The minimum absolute atomic E-state index is 0.0798. The van der Waals surface area contributed by atoms with Gasteiger partial charge in [-0.2, -0.15) is 0 Å². The first kappa shape index (κ1) is 16.4. The van der Waals surface area contributed by atoms with E-state index in [-0.39, 0.29) is 5.91 Å². The third kappa shape index (κ3) is 3.09. The molecular formula is C20H23NO3. The quantitative estimate of drug-likeness (QED) is 0.886. The fourth-order valence-corrected chi connectivity index (χ4v) is 3.08. The number of carbonyl (C=O) groups is 1. The second-order valence-corrected chi connectivity index (χ2v) is 6.32. The van der Waals surface area contributed by atoms with Gasteiger partial charge < -0.3 is 14.8 Å². The Hall–Kier alpha value is -2.49. The Morgan fingerprint density at radius 2 is 1.83 bits per heavy atom. The number of aryl methyl sites for hydroxylation is 1. The van der Waals surface area contributed by atoms with Crippen molar-refractivity contribution in [2.45, 2.75) is 31.7 Å². The molecule has 0 heterocycles. The first-order valence-electron chi connectivity index (χ1n) is 8.15. The van der Waals surface area contributed by atoms with Gasteiger partial charge in [-0.15, -0.1) is 0 Å². The van der Waals surface area contributed by atoms with E-state index in [0.29, 0.717) is 18.0 Å². The molecule has 1 aliphatic carbocycles. The second kappa shape index (κ2) is 6.56. The Morgan fingerprint density at radius 3 is 2.46 bits per heavy atom. The lowest BCUT2D eigenvalue weighted by molar-refractivity contribution is -0.123. The summed E-state index contributed by atoms with van der Waals surface area (Å²) in [5, 5.41) is 3.08. The average molecular weight is 325 g/mol. The zero-order chi connectivity index (χ0) is 17.2. The molecule has 1 fully saturated rings. The van der Waals surface area contributed by atoms with Crippen LogP contribution in [-0.4, -0.2) is 20.1 Å². The van der Waals surface area contributed by atoms with Gasteiger partial charge in [0.15, 0.2) is 11.5 Å². The van der Waals surface area contributed by atoms with Gasteiger partial charge in [-0.05, 0) is 43.0 Å². The first-order chi connectivity index (χ1) is 11.6. The molecule has 1 aliphatic rings. The summed E-state index contributed by atoms with van der Waals surface area (Å²) in [6.45, 7) is 2.60. The molecule has 0 saturated heterocycles. The number of amides is 1. The van der Waals surface area contributed by atoms with Crippen molar-refractivity contribution < 1.29 is 14.3 Å². The van der Waals surface area contributed by atoms with Crippen molar-refractivity contribution in [3.63, 3.8) is 0 Å². The summed E-state index contributed by atoms with van der Waals surface area (Å²) < 4.78 is 10.6. The molecule has 0 radical (unpaired) electrons. The molecule has 0 bridgehead atoms. The van der Waals surface area contributed by atoms with Crippen LogP contribution in [0.5, 0.6) is 11.5 Å². The highest BCUT2D eigenvalue weighted by atomic mass is 16.5. The van der Waals surface area contributed by atoms with Crippen LogP contribution in [-0.2, 0) is 16.8 Å². The smallest absolute Gasteiger partial charge is 0.230 e. The van der Waals surface area contributed by atoms with Gasteiger partial charge in [0, 0.05) is 6.54 Å². The lowest BCUT2D eigenvalue weighted by Gasteiger charge is -2.18. The van der Waals surface area contributed by atoms with Crippen molar-refractivity contribution >= 4 is 5.91 Å².